The molecule has 1 atom stereocenters. The van der Waals surface area contributed by atoms with E-state index < -0.39 is 0 Å². The van der Waals surface area contributed by atoms with Crippen LogP contribution in [0.25, 0.3) is 5.65 Å². The lowest BCUT2D eigenvalue weighted by atomic mass is 10.3. The molecule has 0 saturated carbocycles. The lowest BCUT2D eigenvalue weighted by molar-refractivity contribution is 0.0277. The molecule has 0 spiro atoms. The van der Waals surface area contributed by atoms with E-state index in [4.69, 9.17) is 9.47 Å². The Morgan fingerprint density at radius 1 is 1.38 bits per heavy atom. The third-order valence-electron chi connectivity index (χ3n) is 3.88. The number of aromatic nitrogens is 3. The fraction of sp³-hybridized carbons (Fsp3) is 0.533. The molecule has 0 N–H and O–H groups in total. The first-order chi connectivity index (χ1) is 11.6. The number of carbonyl (C=O) groups excluding carboxylic acids is 1. The molecule has 2 aromatic rings. The van der Waals surface area contributed by atoms with E-state index in [1.807, 2.05) is 19.2 Å². The smallest absolute Gasteiger partial charge is 0.410 e. The average Bonchev–Trinajstić information content (AvgIpc) is 2.96. The molecule has 1 aliphatic rings. The number of hydrogen-bond donors (Lipinski definition) is 0. The number of halogens is 1. The van der Waals surface area contributed by atoms with Crippen LogP contribution in [0.15, 0.2) is 22.9 Å². The highest BCUT2D eigenvalue weighted by atomic mass is 79.9. The van der Waals surface area contributed by atoms with Crippen molar-refractivity contribution in [2.45, 2.75) is 13.0 Å². The minimum absolute atomic E-state index is 0.246. The number of carbonyl (C=O) groups is 1. The molecule has 130 valence electrons. The number of methoxy groups -OCH3 is 1. The van der Waals surface area contributed by atoms with E-state index in [9.17, 15) is 4.79 Å². The molecule has 1 aliphatic heterocycles. The Bertz CT molecular complexity index is 714. The Morgan fingerprint density at radius 3 is 2.83 bits per heavy atom. The number of amides is 1. The predicted molar refractivity (Wildman–Crippen MR) is 92.3 cm³/mol. The minimum Gasteiger partial charge on any atom is -0.444 e. The molecule has 2 aromatic heterocycles. The SMILES string of the molecule is COC[C@H](C)OC(=O)N1CCN(c2ccn3ncc(Br)c3n2)CC1. The maximum atomic E-state index is 12.1. The minimum atomic E-state index is -0.291. The van der Waals surface area contributed by atoms with Crippen LogP contribution >= 0.6 is 15.9 Å². The second-order valence-corrected chi connectivity index (χ2v) is 6.52. The van der Waals surface area contributed by atoms with Crippen molar-refractivity contribution in [3.8, 4) is 0 Å². The molecule has 24 heavy (non-hydrogen) atoms. The van der Waals surface area contributed by atoms with Gasteiger partial charge in [0.25, 0.3) is 0 Å². The average molecular weight is 398 g/mol. The molecule has 9 heteroatoms. The lowest BCUT2D eigenvalue weighted by Crippen LogP contribution is -2.49. The molecule has 0 aliphatic carbocycles. The van der Waals surface area contributed by atoms with E-state index in [2.05, 4.69) is 30.9 Å². The van der Waals surface area contributed by atoms with Crippen LogP contribution in [0.3, 0.4) is 0 Å². The van der Waals surface area contributed by atoms with Crippen molar-refractivity contribution in [2.24, 2.45) is 0 Å². The molecular weight excluding hydrogens is 378 g/mol. The van der Waals surface area contributed by atoms with Gasteiger partial charge in [0.05, 0.1) is 17.3 Å². The van der Waals surface area contributed by atoms with Gasteiger partial charge in [-0.05, 0) is 28.9 Å². The zero-order valence-electron chi connectivity index (χ0n) is 13.7. The topological polar surface area (TPSA) is 72.2 Å². The first kappa shape index (κ1) is 17.0. The Labute approximate surface area is 148 Å². The fourth-order valence-electron chi connectivity index (χ4n) is 2.64. The van der Waals surface area contributed by atoms with Crippen LogP contribution in [-0.4, -0.2) is 71.6 Å². The summed E-state index contributed by atoms with van der Waals surface area (Å²) in [6.45, 7) is 4.85. The monoisotopic (exact) mass is 397 g/mol. The van der Waals surface area contributed by atoms with Crippen LogP contribution in [0.5, 0.6) is 0 Å². The van der Waals surface area contributed by atoms with E-state index in [1.54, 1.807) is 22.7 Å². The van der Waals surface area contributed by atoms with Crippen LogP contribution in [0.2, 0.25) is 0 Å². The maximum absolute atomic E-state index is 12.1. The summed E-state index contributed by atoms with van der Waals surface area (Å²) in [4.78, 5) is 20.6. The third-order valence-corrected chi connectivity index (χ3v) is 4.44. The number of rotatable bonds is 4. The molecule has 0 aromatic carbocycles. The maximum Gasteiger partial charge on any atom is 0.410 e. The van der Waals surface area contributed by atoms with Gasteiger partial charge in [0.1, 0.15) is 11.9 Å². The summed E-state index contributed by atoms with van der Waals surface area (Å²) >= 11 is 3.45. The van der Waals surface area contributed by atoms with E-state index in [0.717, 1.165) is 15.9 Å². The highest BCUT2D eigenvalue weighted by Gasteiger charge is 2.24. The highest BCUT2D eigenvalue weighted by Crippen LogP contribution is 2.20. The van der Waals surface area contributed by atoms with Crippen LogP contribution in [0.1, 0.15) is 6.92 Å². The molecule has 3 rings (SSSR count). The zero-order chi connectivity index (χ0) is 17.1. The van der Waals surface area contributed by atoms with E-state index in [1.165, 1.54) is 0 Å². The van der Waals surface area contributed by atoms with Gasteiger partial charge >= 0.3 is 6.09 Å². The summed E-state index contributed by atoms with van der Waals surface area (Å²) in [5.41, 5.74) is 0.780. The Balaban J connectivity index is 1.59. The van der Waals surface area contributed by atoms with Gasteiger partial charge < -0.3 is 19.3 Å². The summed E-state index contributed by atoms with van der Waals surface area (Å²) in [6.07, 6.45) is 3.07. The van der Waals surface area contributed by atoms with Crippen LogP contribution in [0, 0.1) is 0 Å². The van der Waals surface area contributed by atoms with E-state index in [-0.39, 0.29) is 12.2 Å². The normalized spacial score (nSPS) is 16.5. The quantitative estimate of drug-likeness (QED) is 0.782. The molecule has 1 fully saturated rings. The highest BCUT2D eigenvalue weighted by molar-refractivity contribution is 9.10. The van der Waals surface area contributed by atoms with Crippen molar-refractivity contribution < 1.29 is 14.3 Å². The standard InChI is InChI=1S/C15H20BrN5O3/c1-11(10-23-2)24-15(22)20-7-5-19(6-8-20)13-3-4-21-14(18-13)12(16)9-17-21/h3-4,9,11H,5-8,10H2,1-2H3/t11-/m0/s1. The molecule has 1 saturated heterocycles. The summed E-state index contributed by atoms with van der Waals surface area (Å²) in [5, 5.41) is 4.19. The van der Waals surface area contributed by atoms with Gasteiger partial charge in [-0.15, -0.1) is 0 Å². The molecule has 8 nitrogen and oxygen atoms in total. The van der Waals surface area contributed by atoms with Crippen molar-refractivity contribution in [1.29, 1.82) is 0 Å². The van der Waals surface area contributed by atoms with Gasteiger partial charge in [-0.25, -0.2) is 14.3 Å². The summed E-state index contributed by atoms with van der Waals surface area (Å²) in [7, 11) is 1.59. The first-order valence-electron chi connectivity index (χ1n) is 7.78. The number of nitrogens with zero attached hydrogens (tertiary/aromatic N) is 5. The van der Waals surface area contributed by atoms with Crippen LogP contribution < -0.4 is 4.90 Å². The van der Waals surface area contributed by atoms with Crippen molar-refractivity contribution in [3.05, 3.63) is 22.9 Å². The molecule has 3 heterocycles. The predicted octanol–water partition coefficient (Wildman–Crippen LogP) is 1.79. The zero-order valence-corrected chi connectivity index (χ0v) is 15.3. The summed E-state index contributed by atoms with van der Waals surface area (Å²) in [6, 6.07) is 1.93. The van der Waals surface area contributed by atoms with Gasteiger partial charge in [-0.2, -0.15) is 5.10 Å². The number of anilines is 1. The van der Waals surface area contributed by atoms with Crippen molar-refractivity contribution in [1.82, 2.24) is 19.5 Å². The Morgan fingerprint density at radius 2 is 2.12 bits per heavy atom. The number of ether oxygens (including phenoxy) is 2. The first-order valence-corrected chi connectivity index (χ1v) is 8.57. The van der Waals surface area contributed by atoms with Crippen molar-refractivity contribution in [3.63, 3.8) is 0 Å². The molecule has 0 radical (unpaired) electrons. The van der Waals surface area contributed by atoms with Crippen molar-refractivity contribution in [2.75, 3.05) is 44.8 Å². The van der Waals surface area contributed by atoms with Gasteiger partial charge in [0.15, 0.2) is 5.65 Å². The van der Waals surface area contributed by atoms with Gasteiger partial charge in [0, 0.05) is 39.5 Å². The van der Waals surface area contributed by atoms with E-state index >= 15 is 0 Å². The lowest BCUT2D eigenvalue weighted by Gasteiger charge is -2.35. The van der Waals surface area contributed by atoms with Gasteiger partial charge in [0.2, 0.25) is 0 Å². The number of piperazine rings is 1. The summed E-state index contributed by atoms with van der Waals surface area (Å²) < 4.78 is 12.9. The molecule has 1 amide bonds. The molecule has 0 bridgehead atoms. The van der Waals surface area contributed by atoms with Crippen molar-refractivity contribution >= 4 is 33.5 Å². The summed E-state index contributed by atoms with van der Waals surface area (Å²) in [5.74, 6) is 0.879. The van der Waals surface area contributed by atoms with Crippen LogP contribution in [-0.2, 0) is 9.47 Å². The fourth-order valence-corrected chi connectivity index (χ4v) is 3.00. The van der Waals surface area contributed by atoms with Gasteiger partial charge in [-0.3, -0.25) is 0 Å². The Kier molecular flexibility index (Phi) is 5.20. The Hall–Kier alpha value is -1.87. The third kappa shape index (κ3) is 3.62. The van der Waals surface area contributed by atoms with E-state index in [0.29, 0.717) is 32.8 Å². The second-order valence-electron chi connectivity index (χ2n) is 5.67. The largest absolute Gasteiger partial charge is 0.444 e. The molecule has 0 unspecified atom stereocenters. The number of fused-ring (bicyclic) bond motifs is 1. The van der Waals surface area contributed by atoms with Crippen LogP contribution in [0.4, 0.5) is 10.6 Å². The second kappa shape index (κ2) is 7.35. The number of hydrogen-bond acceptors (Lipinski definition) is 6. The van der Waals surface area contributed by atoms with Gasteiger partial charge in [-0.1, -0.05) is 0 Å². The molecular formula is C15H20BrN5O3.